The van der Waals surface area contributed by atoms with Gasteiger partial charge in [-0.1, -0.05) is 37.0 Å². The normalized spacial score (nSPS) is 20.7. The van der Waals surface area contributed by atoms with Crippen LogP contribution in [0, 0.1) is 23.6 Å². The van der Waals surface area contributed by atoms with Gasteiger partial charge in [-0.15, -0.1) is 0 Å². The first-order valence-corrected chi connectivity index (χ1v) is 12.9. The highest BCUT2D eigenvalue weighted by Gasteiger charge is 2.38. The van der Waals surface area contributed by atoms with Gasteiger partial charge in [0.2, 0.25) is 10.0 Å². The van der Waals surface area contributed by atoms with Crippen LogP contribution in [0.15, 0.2) is 47.4 Å². The Labute approximate surface area is 207 Å². The van der Waals surface area contributed by atoms with Gasteiger partial charge in [0.1, 0.15) is 29.2 Å². The third kappa shape index (κ3) is 6.60. The number of rotatable bonds is 7. The summed E-state index contributed by atoms with van der Waals surface area (Å²) < 4.78 is 53.9. The van der Waals surface area contributed by atoms with Crippen LogP contribution < -0.4 is 4.74 Å². The van der Waals surface area contributed by atoms with Crippen LogP contribution in [-0.4, -0.2) is 75.3 Å². The predicted octanol–water partition coefficient (Wildman–Crippen LogP) is 2.72. The summed E-state index contributed by atoms with van der Waals surface area (Å²) in [6.45, 7) is 4.54. The molecule has 0 radical (unpaired) electrons. The van der Waals surface area contributed by atoms with E-state index in [1.165, 1.54) is 16.4 Å². The molecule has 1 heterocycles. The highest BCUT2D eigenvalue weighted by Crippen LogP contribution is 2.34. The molecule has 7 nitrogen and oxygen atoms in total. The minimum Gasteiger partial charge on any atom is -0.487 e. The highest BCUT2D eigenvalue weighted by molar-refractivity contribution is 7.89. The molecule has 1 aliphatic rings. The molecule has 0 saturated heterocycles. The fraction of sp³-hybridized carbons (Fsp3) is 0.462. The van der Waals surface area contributed by atoms with E-state index in [4.69, 9.17) is 9.47 Å². The van der Waals surface area contributed by atoms with Gasteiger partial charge in [0.25, 0.3) is 0 Å². The molecule has 35 heavy (non-hydrogen) atoms. The molecule has 1 N–H and O–H groups in total. The van der Waals surface area contributed by atoms with Crippen molar-refractivity contribution in [3.05, 3.63) is 59.4 Å². The first-order chi connectivity index (χ1) is 16.7. The molecule has 0 aromatic heterocycles. The lowest BCUT2D eigenvalue weighted by atomic mass is 10.0. The maximum atomic E-state index is 14.2. The molecular weight excluding hydrogens is 471 g/mol. The lowest BCUT2D eigenvalue weighted by Crippen LogP contribution is -2.49. The fourth-order valence-electron chi connectivity index (χ4n) is 4.02. The summed E-state index contributed by atoms with van der Waals surface area (Å²) in [7, 11) is -0.501. The molecule has 0 amide bonds. The van der Waals surface area contributed by atoms with E-state index >= 15 is 0 Å². The molecule has 3 rings (SSSR count). The lowest BCUT2D eigenvalue weighted by molar-refractivity contribution is 0.0731. The molecular formula is C26H33FN2O5S. The van der Waals surface area contributed by atoms with E-state index in [0.29, 0.717) is 24.2 Å². The highest BCUT2D eigenvalue weighted by atomic mass is 32.2. The lowest BCUT2D eigenvalue weighted by Gasteiger charge is -2.37. The SMILES string of the molecule is COCC#Cc1ccc2c(c1)O[C@@H](CN(C)Cc1ccccc1F)[C@H](C)CN([C@H](C)CO)S2(=O)=O. The first-order valence-electron chi connectivity index (χ1n) is 11.5. The molecule has 2 aromatic rings. The Morgan fingerprint density at radius 1 is 1.31 bits per heavy atom. The molecule has 3 atom stereocenters. The minimum absolute atomic E-state index is 0.0312. The van der Waals surface area contributed by atoms with Crippen molar-refractivity contribution in [1.29, 1.82) is 0 Å². The van der Waals surface area contributed by atoms with Gasteiger partial charge in [-0.05, 0) is 38.2 Å². The number of aliphatic hydroxyl groups is 1. The number of aliphatic hydroxyl groups excluding tert-OH is 1. The number of sulfonamides is 1. The second kappa shape index (κ2) is 12.0. The number of ether oxygens (including phenoxy) is 2. The van der Waals surface area contributed by atoms with Crippen molar-refractivity contribution in [2.45, 2.75) is 37.4 Å². The molecule has 2 aromatic carbocycles. The molecule has 0 aliphatic carbocycles. The van der Waals surface area contributed by atoms with Gasteiger partial charge in [0.15, 0.2) is 0 Å². The summed E-state index contributed by atoms with van der Waals surface area (Å²) in [5, 5.41) is 9.77. The third-order valence-corrected chi connectivity index (χ3v) is 8.03. The number of hydrogen-bond acceptors (Lipinski definition) is 6. The van der Waals surface area contributed by atoms with Crippen LogP contribution >= 0.6 is 0 Å². The smallest absolute Gasteiger partial charge is 0.247 e. The van der Waals surface area contributed by atoms with Gasteiger partial charge in [0, 0.05) is 49.8 Å². The Kier molecular flexibility index (Phi) is 9.27. The van der Waals surface area contributed by atoms with Gasteiger partial charge >= 0.3 is 0 Å². The maximum absolute atomic E-state index is 14.2. The second-order valence-electron chi connectivity index (χ2n) is 8.92. The van der Waals surface area contributed by atoms with E-state index in [9.17, 15) is 17.9 Å². The second-order valence-corrected chi connectivity index (χ2v) is 10.8. The summed E-state index contributed by atoms with van der Waals surface area (Å²) in [5.74, 6) is 5.54. The number of nitrogens with zero attached hydrogens (tertiary/aromatic N) is 2. The Bertz CT molecular complexity index is 1180. The number of hydrogen-bond donors (Lipinski definition) is 1. The van der Waals surface area contributed by atoms with Crippen LogP contribution in [0.3, 0.4) is 0 Å². The predicted molar refractivity (Wildman–Crippen MR) is 132 cm³/mol. The zero-order valence-electron chi connectivity index (χ0n) is 20.6. The standard InChI is InChI=1S/C26H33FN2O5S/c1-19-15-29(20(2)18-30)35(31,32)26-12-11-21(8-7-13-33-4)14-24(26)34-25(19)17-28(3)16-22-9-5-6-10-23(22)27/h5-6,9-12,14,19-20,25,30H,13,15-18H2,1-4H3/t19-,20-,25+/m1/s1. The Balaban J connectivity index is 1.97. The third-order valence-electron chi connectivity index (χ3n) is 6.01. The van der Waals surface area contributed by atoms with Crippen molar-refractivity contribution in [2.75, 3.05) is 40.5 Å². The number of halogens is 1. The maximum Gasteiger partial charge on any atom is 0.247 e. The summed E-state index contributed by atoms with van der Waals surface area (Å²) in [4.78, 5) is 1.99. The number of fused-ring (bicyclic) bond motifs is 1. The molecule has 0 saturated carbocycles. The first kappa shape index (κ1) is 27.1. The largest absolute Gasteiger partial charge is 0.487 e. The van der Waals surface area contributed by atoms with Gasteiger partial charge in [-0.3, -0.25) is 4.90 Å². The fourth-order valence-corrected chi connectivity index (χ4v) is 5.85. The van der Waals surface area contributed by atoms with Crippen LogP contribution in [0.2, 0.25) is 0 Å². The van der Waals surface area contributed by atoms with E-state index in [1.807, 2.05) is 18.9 Å². The van der Waals surface area contributed by atoms with E-state index < -0.39 is 22.2 Å². The van der Waals surface area contributed by atoms with Crippen molar-refractivity contribution in [3.63, 3.8) is 0 Å². The minimum atomic E-state index is -3.92. The zero-order valence-corrected chi connectivity index (χ0v) is 21.4. The molecule has 1 aliphatic heterocycles. The molecule has 0 bridgehead atoms. The Hall–Kier alpha value is -2.48. The average Bonchev–Trinajstić information content (AvgIpc) is 2.82. The van der Waals surface area contributed by atoms with Gasteiger partial charge in [-0.2, -0.15) is 4.31 Å². The van der Waals surface area contributed by atoms with Crippen molar-refractivity contribution < 1.29 is 27.4 Å². The van der Waals surface area contributed by atoms with Crippen LogP contribution in [0.1, 0.15) is 25.0 Å². The van der Waals surface area contributed by atoms with E-state index in [0.717, 1.165) is 0 Å². The van der Waals surface area contributed by atoms with Gasteiger partial charge in [-0.25, -0.2) is 12.8 Å². The van der Waals surface area contributed by atoms with Crippen LogP contribution in [-0.2, 0) is 21.3 Å². The Morgan fingerprint density at radius 3 is 2.74 bits per heavy atom. The quantitative estimate of drug-likeness (QED) is 0.585. The number of likely N-dealkylation sites (N-methyl/N-ethyl adjacent to an activating group) is 1. The van der Waals surface area contributed by atoms with Crippen LogP contribution in [0.4, 0.5) is 4.39 Å². The van der Waals surface area contributed by atoms with Crippen molar-refractivity contribution in [2.24, 2.45) is 5.92 Å². The zero-order chi connectivity index (χ0) is 25.6. The van der Waals surface area contributed by atoms with E-state index in [2.05, 4.69) is 11.8 Å². The van der Waals surface area contributed by atoms with E-state index in [-0.39, 0.29) is 42.1 Å². The molecule has 0 unspecified atom stereocenters. The summed E-state index contributed by atoms with van der Waals surface area (Å²) >= 11 is 0. The molecule has 9 heteroatoms. The topological polar surface area (TPSA) is 79.3 Å². The monoisotopic (exact) mass is 504 g/mol. The average molecular weight is 505 g/mol. The molecule has 0 spiro atoms. The number of methoxy groups -OCH3 is 1. The van der Waals surface area contributed by atoms with Crippen molar-refractivity contribution >= 4 is 10.0 Å². The van der Waals surface area contributed by atoms with Crippen LogP contribution in [0.25, 0.3) is 0 Å². The summed E-state index contributed by atoms with van der Waals surface area (Å²) in [6.07, 6.45) is -0.392. The number of benzene rings is 2. The summed E-state index contributed by atoms with van der Waals surface area (Å²) in [5.41, 5.74) is 1.17. The van der Waals surface area contributed by atoms with Crippen molar-refractivity contribution in [1.82, 2.24) is 9.21 Å². The van der Waals surface area contributed by atoms with Gasteiger partial charge in [0.05, 0.1) is 6.61 Å². The van der Waals surface area contributed by atoms with Gasteiger partial charge < -0.3 is 14.6 Å². The van der Waals surface area contributed by atoms with E-state index in [1.54, 1.807) is 44.4 Å². The molecule has 190 valence electrons. The van der Waals surface area contributed by atoms with Crippen molar-refractivity contribution in [3.8, 4) is 17.6 Å². The Morgan fingerprint density at radius 2 is 2.06 bits per heavy atom. The summed E-state index contributed by atoms with van der Waals surface area (Å²) in [6, 6.07) is 10.8. The molecule has 0 fully saturated rings. The van der Waals surface area contributed by atoms with Crippen LogP contribution in [0.5, 0.6) is 5.75 Å².